The fraction of sp³-hybridized carbons (Fsp3) is 0.375. The van der Waals surface area contributed by atoms with Gasteiger partial charge in [-0.25, -0.2) is 0 Å². The molecule has 21 heavy (non-hydrogen) atoms. The van der Waals surface area contributed by atoms with Crippen molar-refractivity contribution in [2.75, 3.05) is 6.54 Å². The fourth-order valence-corrected chi connectivity index (χ4v) is 2.21. The third kappa shape index (κ3) is 3.70. The molecule has 1 unspecified atom stereocenters. The number of non-ortho nitro benzene ring substituents is 1. The Morgan fingerprint density at radius 2 is 1.90 bits per heavy atom. The number of hydrogen-bond donors (Lipinski definition) is 1. The molecule has 112 valence electrons. The van der Waals surface area contributed by atoms with Gasteiger partial charge in [0.2, 0.25) is 0 Å². The van der Waals surface area contributed by atoms with E-state index in [1.165, 1.54) is 12.1 Å². The van der Waals surface area contributed by atoms with Crippen molar-refractivity contribution in [1.82, 2.24) is 5.32 Å². The van der Waals surface area contributed by atoms with Crippen LogP contribution < -0.4 is 5.32 Å². The van der Waals surface area contributed by atoms with E-state index in [2.05, 4.69) is 19.2 Å². The number of furan rings is 1. The first kappa shape index (κ1) is 15.3. The molecule has 1 aromatic heterocycles. The summed E-state index contributed by atoms with van der Waals surface area (Å²) in [5.74, 6) is 1.64. The highest BCUT2D eigenvalue weighted by Crippen LogP contribution is 2.28. The number of nitrogens with one attached hydrogen (secondary N) is 1. The predicted octanol–water partition coefficient (Wildman–Crippen LogP) is 4.31. The maximum absolute atomic E-state index is 10.7. The molecule has 0 radical (unpaired) electrons. The zero-order valence-corrected chi connectivity index (χ0v) is 12.3. The van der Waals surface area contributed by atoms with E-state index < -0.39 is 4.92 Å². The molecule has 5 nitrogen and oxygen atoms in total. The number of benzene rings is 1. The summed E-state index contributed by atoms with van der Waals surface area (Å²) in [6.07, 6.45) is 2.03. The second-order valence-corrected chi connectivity index (χ2v) is 4.92. The molecule has 1 atom stereocenters. The van der Waals surface area contributed by atoms with E-state index in [0.29, 0.717) is 0 Å². The van der Waals surface area contributed by atoms with Crippen LogP contribution in [0.4, 0.5) is 5.69 Å². The third-order valence-corrected chi connectivity index (χ3v) is 3.38. The molecule has 0 bridgehead atoms. The second-order valence-electron chi connectivity index (χ2n) is 4.92. The smallest absolute Gasteiger partial charge is 0.269 e. The molecule has 1 N–H and O–H groups in total. The van der Waals surface area contributed by atoms with Crippen molar-refractivity contribution in [2.45, 2.75) is 32.7 Å². The van der Waals surface area contributed by atoms with E-state index in [1.54, 1.807) is 12.1 Å². The molecular weight excluding hydrogens is 268 g/mol. The van der Waals surface area contributed by atoms with Crippen LogP contribution in [0.3, 0.4) is 0 Å². The molecule has 2 rings (SSSR count). The van der Waals surface area contributed by atoms with Crippen LogP contribution in [-0.4, -0.2) is 11.5 Å². The van der Waals surface area contributed by atoms with Gasteiger partial charge >= 0.3 is 0 Å². The van der Waals surface area contributed by atoms with Crippen molar-refractivity contribution in [1.29, 1.82) is 0 Å². The molecule has 0 saturated heterocycles. The predicted molar refractivity (Wildman–Crippen MR) is 82.1 cm³/mol. The molecule has 0 saturated carbocycles. The molecule has 0 fully saturated rings. The van der Waals surface area contributed by atoms with Crippen LogP contribution in [-0.2, 0) is 0 Å². The van der Waals surface area contributed by atoms with E-state index in [4.69, 9.17) is 4.42 Å². The first-order valence-corrected chi connectivity index (χ1v) is 7.23. The van der Waals surface area contributed by atoms with E-state index >= 15 is 0 Å². The van der Waals surface area contributed by atoms with Crippen LogP contribution in [0.2, 0.25) is 0 Å². The minimum absolute atomic E-state index is 0.0848. The Hall–Kier alpha value is -2.14. The topological polar surface area (TPSA) is 68.3 Å². The van der Waals surface area contributed by atoms with Crippen molar-refractivity contribution in [3.63, 3.8) is 0 Å². The maximum Gasteiger partial charge on any atom is 0.269 e. The number of nitro groups is 1. The van der Waals surface area contributed by atoms with Crippen LogP contribution in [0.15, 0.2) is 40.8 Å². The third-order valence-electron chi connectivity index (χ3n) is 3.38. The summed E-state index contributed by atoms with van der Waals surface area (Å²) in [4.78, 5) is 10.3. The van der Waals surface area contributed by atoms with E-state index in [1.807, 2.05) is 12.1 Å². The Kier molecular flexibility index (Phi) is 5.11. The van der Waals surface area contributed by atoms with Gasteiger partial charge in [0.1, 0.15) is 11.5 Å². The molecule has 0 amide bonds. The normalized spacial score (nSPS) is 12.3. The van der Waals surface area contributed by atoms with Crippen molar-refractivity contribution in [3.05, 3.63) is 52.3 Å². The van der Waals surface area contributed by atoms with Gasteiger partial charge in [0, 0.05) is 17.7 Å². The Morgan fingerprint density at radius 1 is 1.19 bits per heavy atom. The zero-order valence-electron chi connectivity index (χ0n) is 12.3. The van der Waals surface area contributed by atoms with Crippen LogP contribution in [0.5, 0.6) is 0 Å². The molecule has 0 aliphatic heterocycles. The van der Waals surface area contributed by atoms with Crippen molar-refractivity contribution in [2.24, 2.45) is 0 Å². The molecule has 1 aromatic carbocycles. The highest BCUT2D eigenvalue weighted by molar-refractivity contribution is 5.59. The summed E-state index contributed by atoms with van der Waals surface area (Å²) in [5.41, 5.74) is 0.929. The average molecular weight is 288 g/mol. The summed E-state index contributed by atoms with van der Waals surface area (Å²) < 4.78 is 5.89. The summed E-state index contributed by atoms with van der Waals surface area (Å²) in [7, 11) is 0. The van der Waals surface area contributed by atoms with Crippen molar-refractivity contribution < 1.29 is 9.34 Å². The first-order valence-electron chi connectivity index (χ1n) is 7.23. The highest BCUT2D eigenvalue weighted by atomic mass is 16.6. The number of rotatable bonds is 7. The summed E-state index contributed by atoms with van der Waals surface area (Å²) in [6.45, 7) is 5.19. The highest BCUT2D eigenvalue weighted by Gasteiger charge is 2.14. The van der Waals surface area contributed by atoms with Crippen LogP contribution in [0, 0.1) is 10.1 Å². The van der Waals surface area contributed by atoms with Crippen molar-refractivity contribution in [3.8, 4) is 11.3 Å². The van der Waals surface area contributed by atoms with Gasteiger partial charge in [0.05, 0.1) is 11.0 Å². The minimum Gasteiger partial charge on any atom is -0.459 e. The van der Waals surface area contributed by atoms with Gasteiger partial charge in [-0.1, -0.05) is 13.8 Å². The zero-order chi connectivity index (χ0) is 15.2. The lowest BCUT2D eigenvalue weighted by Gasteiger charge is -2.13. The lowest BCUT2D eigenvalue weighted by Crippen LogP contribution is -2.20. The van der Waals surface area contributed by atoms with E-state index in [0.717, 1.165) is 36.5 Å². The second kappa shape index (κ2) is 7.04. The Bertz CT molecular complexity index is 590. The standard InChI is InChI=1S/C16H20N2O3/c1-3-11-17-14(4-2)16-10-9-15(21-16)12-5-7-13(8-6-12)18(19)20/h5-10,14,17H,3-4,11H2,1-2H3. The molecule has 5 heteroatoms. The quantitative estimate of drug-likeness (QED) is 0.609. The molecule has 2 aromatic rings. The Balaban J connectivity index is 2.16. The maximum atomic E-state index is 10.7. The van der Waals surface area contributed by atoms with Gasteiger partial charge in [0.15, 0.2) is 0 Å². The average Bonchev–Trinajstić information content (AvgIpc) is 2.98. The van der Waals surface area contributed by atoms with Gasteiger partial charge in [-0.3, -0.25) is 10.1 Å². The van der Waals surface area contributed by atoms with E-state index in [9.17, 15) is 10.1 Å². The van der Waals surface area contributed by atoms with Crippen LogP contribution in [0.25, 0.3) is 11.3 Å². The summed E-state index contributed by atoms with van der Waals surface area (Å²) in [6, 6.07) is 10.5. The van der Waals surface area contributed by atoms with Crippen molar-refractivity contribution >= 4 is 5.69 Å². The largest absolute Gasteiger partial charge is 0.459 e. The monoisotopic (exact) mass is 288 g/mol. The van der Waals surface area contributed by atoms with Gasteiger partial charge in [0.25, 0.3) is 5.69 Å². The fourth-order valence-electron chi connectivity index (χ4n) is 2.21. The van der Waals surface area contributed by atoms with Gasteiger partial charge in [-0.2, -0.15) is 0 Å². The van der Waals surface area contributed by atoms with Crippen LogP contribution in [0.1, 0.15) is 38.5 Å². The summed E-state index contributed by atoms with van der Waals surface area (Å²) >= 11 is 0. The molecule has 0 spiro atoms. The minimum atomic E-state index is -0.404. The Labute approximate surface area is 124 Å². The molecular formula is C16H20N2O3. The first-order chi connectivity index (χ1) is 10.2. The van der Waals surface area contributed by atoms with Gasteiger partial charge < -0.3 is 9.73 Å². The van der Waals surface area contributed by atoms with E-state index in [-0.39, 0.29) is 11.7 Å². The molecule has 0 aliphatic rings. The lowest BCUT2D eigenvalue weighted by molar-refractivity contribution is -0.384. The summed E-state index contributed by atoms with van der Waals surface area (Å²) in [5, 5.41) is 14.1. The molecule has 1 heterocycles. The molecule has 0 aliphatic carbocycles. The number of nitrogens with zero attached hydrogens (tertiary/aromatic N) is 1. The number of nitro benzene ring substituents is 1. The van der Waals surface area contributed by atoms with Gasteiger partial charge in [-0.15, -0.1) is 0 Å². The SMILES string of the molecule is CCCNC(CC)c1ccc(-c2ccc([N+](=O)[O-])cc2)o1. The Morgan fingerprint density at radius 3 is 2.48 bits per heavy atom. The number of hydrogen-bond acceptors (Lipinski definition) is 4. The lowest BCUT2D eigenvalue weighted by atomic mass is 10.1. The van der Waals surface area contributed by atoms with Crippen LogP contribution >= 0.6 is 0 Å². The van der Waals surface area contributed by atoms with Gasteiger partial charge in [-0.05, 0) is 43.7 Å².